The van der Waals surface area contributed by atoms with Gasteiger partial charge in [-0.1, -0.05) is 48.5 Å². The van der Waals surface area contributed by atoms with Crippen molar-refractivity contribution in [2.24, 2.45) is 5.73 Å². The maximum atomic E-state index is 13.4. The fourth-order valence-electron chi connectivity index (χ4n) is 4.11. The number of para-hydroxylation sites is 1. The number of urea groups is 1. The van der Waals surface area contributed by atoms with Crippen LogP contribution in [-0.4, -0.2) is 29.9 Å². The molecule has 2 N–H and O–H groups in total. The first-order chi connectivity index (χ1) is 12.1. The molecule has 128 valence electrons. The first kappa shape index (κ1) is 15.7. The number of carbonyl (C=O) groups excluding carboxylic acids is 2. The van der Waals surface area contributed by atoms with Crippen molar-refractivity contribution in [2.45, 2.75) is 24.8 Å². The Bertz CT molecular complexity index is 811. The second-order valence-corrected chi connectivity index (χ2v) is 6.80. The highest BCUT2D eigenvalue weighted by Crippen LogP contribution is 2.48. The zero-order valence-corrected chi connectivity index (χ0v) is 14.0. The highest BCUT2D eigenvalue weighted by atomic mass is 16.2. The number of primary amides is 1. The minimum atomic E-state index is -0.530. The summed E-state index contributed by atoms with van der Waals surface area (Å²) < 4.78 is 0. The SMILES string of the molecule is NC(=O)N1CCC2(CC1)C(=O)N(Cc1ccccc1)c1ccccc12. The lowest BCUT2D eigenvalue weighted by Gasteiger charge is -2.37. The van der Waals surface area contributed by atoms with Crippen LogP contribution in [0.2, 0.25) is 0 Å². The van der Waals surface area contributed by atoms with Crippen LogP contribution in [0, 0.1) is 0 Å². The van der Waals surface area contributed by atoms with E-state index in [9.17, 15) is 9.59 Å². The Morgan fingerprint density at radius 3 is 2.32 bits per heavy atom. The maximum absolute atomic E-state index is 13.4. The first-order valence-electron chi connectivity index (χ1n) is 8.62. The highest BCUT2D eigenvalue weighted by Gasteiger charge is 2.52. The maximum Gasteiger partial charge on any atom is 0.314 e. The summed E-state index contributed by atoms with van der Waals surface area (Å²) in [5.41, 5.74) is 8.06. The lowest BCUT2D eigenvalue weighted by Crippen LogP contribution is -2.51. The topological polar surface area (TPSA) is 66.6 Å². The second-order valence-electron chi connectivity index (χ2n) is 6.80. The summed E-state index contributed by atoms with van der Waals surface area (Å²) in [5, 5.41) is 0. The van der Waals surface area contributed by atoms with Gasteiger partial charge in [0.05, 0.1) is 12.0 Å². The van der Waals surface area contributed by atoms with Gasteiger partial charge in [0.15, 0.2) is 0 Å². The molecule has 2 aromatic carbocycles. The third-order valence-corrected chi connectivity index (χ3v) is 5.48. The van der Waals surface area contributed by atoms with Crippen LogP contribution in [0.4, 0.5) is 10.5 Å². The van der Waals surface area contributed by atoms with Gasteiger partial charge in [-0.2, -0.15) is 0 Å². The molecule has 1 fully saturated rings. The summed E-state index contributed by atoms with van der Waals surface area (Å²) >= 11 is 0. The number of piperidine rings is 1. The molecule has 2 aliphatic heterocycles. The molecule has 5 nitrogen and oxygen atoms in total. The van der Waals surface area contributed by atoms with Crippen molar-refractivity contribution >= 4 is 17.6 Å². The van der Waals surface area contributed by atoms with Crippen LogP contribution in [0.1, 0.15) is 24.0 Å². The summed E-state index contributed by atoms with van der Waals surface area (Å²) in [7, 11) is 0. The minimum Gasteiger partial charge on any atom is -0.351 e. The van der Waals surface area contributed by atoms with Gasteiger partial charge in [0.25, 0.3) is 0 Å². The van der Waals surface area contributed by atoms with Crippen LogP contribution in [0.25, 0.3) is 0 Å². The molecule has 0 aromatic heterocycles. The van der Waals surface area contributed by atoms with Gasteiger partial charge in [-0.15, -0.1) is 0 Å². The third-order valence-electron chi connectivity index (χ3n) is 5.48. The largest absolute Gasteiger partial charge is 0.351 e. The van der Waals surface area contributed by atoms with Gasteiger partial charge in [0.2, 0.25) is 5.91 Å². The molecule has 4 rings (SSSR count). The van der Waals surface area contributed by atoms with Crippen molar-refractivity contribution in [3.8, 4) is 0 Å². The number of benzene rings is 2. The van der Waals surface area contributed by atoms with E-state index in [1.807, 2.05) is 53.4 Å². The van der Waals surface area contributed by atoms with Gasteiger partial charge in [0, 0.05) is 18.8 Å². The number of rotatable bonds is 2. The monoisotopic (exact) mass is 335 g/mol. The molecular formula is C20H21N3O2. The first-order valence-corrected chi connectivity index (χ1v) is 8.62. The second kappa shape index (κ2) is 5.92. The number of nitrogens with two attached hydrogens (primary N) is 1. The molecule has 5 heteroatoms. The Morgan fingerprint density at radius 1 is 1.00 bits per heavy atom. The van der Waals surface area contributed by atoms with E-state index in [2.05, 4.69) is 6.07 Å². The number of fused-ring (bicyclic) bond motifs is 2. The fraction of sp³-hybridized carbons (Fsp3) is 0.300. The summed E-state index contributed by atoms with van der Waals surface area (Å²) in [5.74, 6) is 0.140. The molecule has 0 radical (unpaired) electrons. The van der Waals surface area contributed by atoms with Gasteiger partial charge < -0.3 is 15.5 Å². The molecule has 2 aliphatic rings. The number of likely N-dealkylation sites (tertiary alicyclic amines) is 1. The van der Waals surface area contributed by atoms with Crippen molar-refractivity contribution in [3.05, 3.63) is 65.7 Å². The van der Waals surface area contributed by atoms with Crippen molar-refractivity contribution in [1.29, 1.82) is 0 Å². The number of anilines is 1. The molecule has 0 bridgehead atoms. The number of carbonyl (C=O) groups is 2. The molecule has 0 unspecified atom stereocenters. The molecule has 0 aliphatic carbocycles. The average Bonchev–Trinajstić information content (AvgIpc) is 2.86. The minimum absolute atomic E-state index is 0.140. The molecule has 2 aromatic rings. The van der Waals surface area contributed by atoms with Crippen LogP contribution in [0.5, 0.6) is 0 Å². The molecule has 1 saturated heterocycles. The van der Waals surface area contributed by atoms with E-state index < -0.39 is 11.4 Å². The predicted molar refractivity (Wildman–Crippen MR) is 96.1 cm³/mol. The Labute approximate surface area is 147 Å². The smallest absolute Gasteiger partial charge is 0.314 e. The number of nitrogens with zero attached hydrogens (tertiary/aromatic N) is 2. The summed E-state index contributed by atoms with van der Waals surface area (Å²) in [6.45, 7) is 1.61. The van der Waals surface area contributed by atoms with Crippen LogP contribution in [0.3, 0.4) is 0 Å². The quantitative estimate of drug-likeness (QED) is 0.917. The van der Waals surface area contributed by atoms with Gasteiger partial charge >= 0.3 is 6.03 Å². The van der Waals surface area contributed by atoms with Crippen LogP contribution >= 0.6 is 0 Å². The van der Waals surface area contributed by atoms with Gasteiger partial charge in [0.1, 0.15) is 0 Å². The van der Waals surface area contributed by atoms with E-state index in [4.69, 9.17) is 5.73 Å². The van der Waals surface area contributed by atoms with Crippen LogP contribution in [0.15, 0.2) is 54.6 Å². The molecule has 2 heterocycles. The lowest BCUT2D eigenvalue weighted by molar-refractivity contribution is -0.124. The summed E-state index contributed by atoms with van der Waals surface area (Å²) in [6, 6.07) is 17.7. The standard InChI is InChI=1S/C20H21N3O2/c21-19(25)22-12-10-20(11-13-22)16-8-4-5-9-17(16)23(18(20)24)14-15-6-2-1-3-7-15/h1-9H,10-14H2,(H2,21,25). The van der Waals surface area contributed by atoms with E-state index in [-0.39, 0.29) is 5.91 Å². The van der Waals surface area contributed by atoms with E-state index >= 15 is 0 Å². The zero-order chi connectivity index (χ0) is 17.4. The van der Waals surface area contributed by atoms with Crippen molar-refractivity contribution in [3.63, 3.8) is 0 Å². The van der Waals surface area contributed by atoms with E-state index in [0.29, 0.717) is 32.5 Å². The van der Waals surface area contributed by atoms with E-state index in [0.717, 1.165) is 16.8 Å². The number of amides is 3. The molecular weight excluding hydrogens is 314 g/mol. The van der Waals surface area contributed by atoms with Crippen molar-refractivity contribution in [1.82, 2.24) is 4.90 Å². The third kappa shape index (κ3) is 2.47. The van der Waals surface area contributed by atoms with E-state index in [1.54, 1.807) is 4.90 Å². The van der Waals surface area contributed by atoms with Gasteiger partial charge in [-0.25, -0.2) is 4.79 Å². The summed E-state index contributed by atoms with van der Waals surface area (Å²) in [6.07, 6.45) is 1.24. The number of hydrogen-bond donors (Lipinski definition) is 1. The molecule has 1 spiro atoms. The Balaban J connectivity index is 1.68. The fourth-order valence-corrected chi connectivity index (χ4v) is 4.11. The molecule has 25 heavy (non-hydrogen) atoms. The Morgan fingerprint density at radius 2 is 1.64 bits per heavy atom. The van der Waals surface area contributed by atoms with Crippen LogP contribution < -0.4 is 10.6 Å². The molecule has 0 saturated carbocycles. The zero-order valence-electron chi connectivity index (χ0n) is 14.0. The normalized spacial score (nSPS) is 18.5. The molecule has 3 amide bonds. The summed E-state index contributed by atoms with van der Waals surface area (Å²) in [4.78, 5) is 28.4. The van der Waals surface area contributed by atoms with Crippen molar-refractivity contribution in [2.75, 3.05) is 18.0 Å². The predicted octanol–water partition coefficient (Wildman–Crippen LogP) is 2.65. The van der Waals surface area contributed by atoms with Gasteiger partial charge in [-0.3, -0.25) is 4.79 Å². The Kier molecular flexibility index (Phi) is 3.71. The van der Waals surface area contributed by atoms with Gasteiger partial charge in [-0.05, 0) is 30.0 Å². The van der Waals surface area contributed by atoms with Crippen molar-refractivity contribution < 1.29 is 9.59 Å². The van der Waals surface area contributed by atoms with Crippen LogP contribution in [-0.2, 0) is 16.8 Å². The molecule has 0 atom stereocenters. The Hall–Kier alpha value is -2.82. The number of hydrogen-bond acceptors (Lipinski definition) is 2. The van der Waals surface area contributed by atoms with E-state index in [1.165, 1.54) is 0 Å². The average molecular weight is 335 g/mol. The lowest BCUT2D eigenvalue weighted by atomic mass is 9.73. The highest BCUT2D eigenvalue weighted by molar-refractivity contribution is 6.08.